The molecule has 0 fully saturated rings. The third-order valence-corrected chi connectivity index (χ3v) is 3.07. The molecule has 1 N–H and O–H groups in total. The molecule has 0 spiro atoms. The zero-order valence-corrected chi connectivity index (χ0v) is 10.9. The first-order valence-corrected chi connectivity index (χ1v) is 5.87. The third kappa shape index (κ3) is 2.18. The summed E-state index contributed by atoms with van der Waals surface area (Å²) in [5, 5.41) is 7.79. The van der Waals surface area contributed by atoms with E-state index >= 15 is 0 Å². The lowest BCUT2D eigenvalue weighted by Crippen LogP contribution is -2.08. The predicted molar refractivity (Wildman–Crippen MR) is 67.9 cm³/mol. The van der Waals surface area contributed by atoms with Crippen LogP contribution in [0.25, 0.3) is 0 Å². The van der Waals surface area contributed by atoms with E-state index in [9.17, 15) is 0 Å². The quantitative estimate of drug-likeness (QED) is 0.877. The van der Waals surface area contributed by atoms with Gasteiger partial charge in [-0.2, -0.15) is 5.10 Å². The molecule has 92 valence electrons. The Labute approximate surface area is 101 Å². The van der Waals surface area contributed by atoms with E-state index in [1.54, 1.807) is 0 Å². The molecule has 0 saturated heterocycles. The number of rotatable bonds is 4. The van der Waals surface area contributed by atoms with Gasteiger partial charge in [-0.15, -0.1) is 0 Å². The van der Waals surface area contributed by atoms with Crippen LogP contribution in [0.1, 0.15) is 24.1 Å². The molecule has 5 heteroatoms. The van der Waals surface area contributed by atoms with Crippen molar-refractivity contribution in [3.8, 4) is 0 Å². The number of nitrogens with one attached hydrogen (secondary N) is 1. The van der Waals surface area contributed by atoms with Crippen LogP contribution in [-0.2, 0) is 20.1 Å². The minimum Gasteiger partial charge on any atom is -0.375 e. The van der Waals surface area contributed by atoms with Crippen LogP contribution in [0.2, 0.25) is 0 Å². The number of hydrogen-bond donors (Lipinski definition) is 1. The highest BCUT2D eigenvalue weighted by atomic mass is 15.3. The fourth-order valence-electron chi connectivity index (χ4n) is 1.99. The summed E-state index contributed by atoms with van der Waals surface area (Å²) in [6.45, 7) is 7.87. The van der Waals surface area contributed by atoms with Gasteiger partial charge in [-0.1, -0.05) is 0 Å². The van der Waals surface area contributed by atoms with Gasteiger partial charge in [0.1, 0.15) is 5.82 Å². The molecule has 0 amide bonds. The van der Waals surface area contributed by atoms with E-state index in [0.717, 1.165) is 36.0 Å². The lowest BCUT2D eigenvalue weighted by atomic mass is 10.3. The first kappa shape index (κ1) is 11.7. The average Bonchev–Trinajstić information content (AvgIpc) is 2.84. The molecule has 2 aromatic heterocycles. The second-order valence-corrected chi connectivity index (χ2v) is 4.15. The van der Waals surface area contributed by atoms with Crippen LogP contribution < -0.4 is 5.32 Å². The molecule has 2 heterocycles. The van der Waals surface area contributed by atoms with Crippen LogP contribution in [-0.4, -0.2) is 19.3 Å². The van der Waals surface area contributed by atoms with Crippen molar-refractivity contribution in [3.05, 3.63) is 29.6 Å². The van der Waals surface area contributed by atoms with Gasteiger partial charge in [0, 0.05) is 26.0 Å². The average molecular weight is 233 g/mol. The van der Waals surface area contributed by atoms with Crippen molar-refractivity contribution in [1.82, 2.24) is 19.3 Å². The number of imidazole rings is 1. The summed E-state index contributed by atoms with van der Waals surface area (Å²) >= 11 is 0. The number of nitrogens with zero attached hydrogens (tertiary/aromatic N) is 4. The van der Waals surface area contributed by atoms with Crippen molar-refractivity contribution in [2.75, 3.05) is 5.32 Å². The van der Waals surface area contributed by atoms with Gasteiger partial charge in [-0.3, -0.25) is 4.68 Å². The van der Waals surface area contributed by atoms with Gasteiger partial charge in [0.2, 0.25) is 0 Å². The summed E-state index contributed by atoms with van der Waals surface area (Å²) in [4.78, 5) is 4.34. The number of anilines is 1. The van der Waals surface area contributed by atoms with Crippen LogP contribution in [0.5, 0.6) is 0 Å². The molecule has 0 atom stereocenters. The molecule has 0 aliphatic carbocycles. The smallest absolute Gasteiger partial charge is 0.128 e. The Kier molecular flexibility index (Phi) is 3.17. The van der Waals surface area contributed by atoms with Crippen molar-refractivity contribution in [1.29, 1.82) is 0 Å². The van der Waals surface area contributed by atoms with Crippen molar-refractivity contribution >= 4 is 5.69 Å². The fraction of sp³-hybridized carbons (Fsp3) is 0.500. The minimum absolute atomic E-state index is 0.730. The zero-order chi connectivity index (χ0) is 12.4. The normalized spacial score (nSPS) is 10.8. The van der Waals surface area contributed by atoms with E-state index in [4.69, 9.17) is 0 Å². The molecule has 0 aliphatic heterocycles. The summed E-state index contributed by atoms with van der Waals surface area (Å²) in [5.41, 5.74) is 3.29. The SMILES string of the molecule is CCn1ccnc1CNc1c(C)nn(C)c1C. The summed E-state index contributed by atoms with van der Waals surface area (Å²) in [7, 11) is 1.96. The molecule has 2 aromatic rings. The molecule has 0 unspecified atom stereocenters. The maximum atomic E-state index is 4.38. The van der Waals surface area contributed by atoms with E-state index < -0.39 is 0 Å². The first-order chi connectivity index (χ1) is 8.13. The lowest BCUT2D eigenvalue weighted by Gasteiger charge is -2.08. The monoisotopic (exact) mass is 233 g/mol. The summed E-state index contributed by atoms with van der Waals surface area (Å²) in [6.07, 6.45) is 3.84. The highest BCUT2D eigenvalue weighted by molar-refractivity contribution is 5.51. The number of aryl methyl sites for hydroxylation is 3. The second kappa shape index (κ2) is 4.61. The molecule has 0 aromatic carbocycles. The van der Waals surface area contributed by atoms with Crippen molar-refractivity contribution in [3.63, 3.8) is 0 Å². The molecule has 2 rings (SSSR count). The van der Waals surface area contributed by atoms with E-state index in [2.05, 4.69) is 33.8 Å². The molecule has 0 radical (unpaired) electrons. The van der Waals surface area contributed by atoms with Gasteiger partial charge >= 0.3 is 0 Å². The van der Waals surface area contributed by atoms with E-state index in [1.807, 2.05) is 31.0 Å². The topological polar surface area (TPSA) is 47.7 Å². The minimum atomic E-state index is 0.730. The summed E-state index contributed by atoms with van der Waals surface area (Å²) in [5.74, 6) is 1.05. The predicted octanol–water partition coefficient (Wildman–Crippen LogP) is 1.87. The van der Waals surface area contributed by atoms with Crippen LogP contribution in [0.3, 0.4) is 0 Å². The molecular weight excluding hydrogens is 214 g/mol. The maximum Gasteiger partial charge on any atom is 0.128 e. The van der Waals surface area contributed by atoms with Crippen LogP contribution in [0.15, 0.2) is 12.4 Å². The van der Waals surface area contributed by atoms with Crippen molar-refractivity contribution in [2.24, 2.45) is 7.05 Å². The highest BCUT2D eigenvalue weighted by Crippen LogP contribution is 2.18. The van der Waals surface area contributed by atoms with Gasteiger partial charge in [0.15, 0.2) is 0 Å². The molecule has 0 aliphatic rings. The molecule has 17 heavy (non-hydrogen) atoms. The van der Waals surface area contributed by atoms with E-state index in [-0.39, 0.29) is 0 Å². The van der Waals surface area contributed by atoms with Crippen molar-refractivity contribution in [2.45, 2.75) is 33.9 Å². The Morgan fingerprint density at radius 2 is 2.12 bits per heavy atom. The van der Waals surface area contributed by atoms with Gasteiger partial charge in [-0.25, -0.2) is 4.98 Å². The second-order valence-electron chi connectivity index (χ2n) is 4.15. The largest absolute Gasteiger partial charge is 0.375 e. The Morgan fingerprint density at radius 1 is 1.35 bits per heavy atom. The third-order valence-electron chi connectivity index (χ3n) is 3.07. The lowest BCUT2D eigenvalue weighted by molar-refractivity contribution is 0.707. The molecular formula is C12H19N5. The van der Waals surface area contributed by atoms with Crippen LogP contribution in [0, 0.1) is 13.8 Å². The Morgan fingerprint density at radius 3 is 2.71 bits per heavy atom. The van der Waals surface area contributed by atoms with Crippen molar-refractivity contribution < 1.29 is 0 Å². The Bertz CT molecular complexity index is 509. The van der Waals surface area contributed by atoms with Crippen LogP contribution in [0.4, 0.5) is 5.69 Å². The highest BCUT2D eigenvalue weighted by Gasteiger charge is 2.09. The first-order valence-electron chi connectivity index (χ1n) is 5.87. The fourth-order valence-corrected chi connectivity index (χ4v) is 1.99. The number of aromatic nitrogens is 4. The van der Waals surface area contributed by atoms with E-state index in [0.29, 0.717) is 0 Å². The van der Waals surface area contributed by atoms with E-state index in [1.165, 1.54) is 0 Å². The number of hydrogen-bond acceptors (Lipinski definition) is 3. The molecule has 5 nitrogen and oxygen atoms in total. The standard InChI is InChI=1S/C12H19N5/c1-5-17-7-6-13-11(17)8-14-12-9(2)15-16(4)10(12)3/h6-7,14H,5,8H2,1-4H3. The summed E-state index contributed by atoms with van der Waals surface area (Å²) < 4.78 is 4.03. The summed E-state index contributed by atoms with van der Waals surface area (Å²) in [6, 6.07) is 0. The van der Waals surface area contributed by atoms with Gasteiger partial charge in [0.25, 0.3) is 0 Å². The van der Waals surface area contributed by atoms with Gasteiger partial charge in [0.05, 0.1) is 23.6 Å². The van der Waals surface area contributed by atoms with Crippen LogP contribution >= 0.6 is 0 Å². The Balaban J connectivity index is 2.12. The Hall–Kier alpha value is -1.78. The molecule has 0 bridgehead atoms. The van der Waals surface area contributed by atoms with Gasteiger partial charge < -0.3 is 9.88 Å². The zero-order valence-electron chi connectivity index (χ0n) is 10.9. The molecule has 0 saturated carbocycles. The maximum absolute atomic E-state index is 4.38. The van der Waals surface area contributed by atoms with Gasteiger partial charge in [-0.05, 0) is 20.8 Å².